The molecular formula is C22H38IN5O2. The molecule has 0 aliphatic carbocycles. The first-order chi connectivity index (χ1) is 14.2. The lowest BCUT2D eigenvalue weighted by Crippen LogP contribution is -2.49. The first-order valence-electron chi connectivity index (χ1n) is 11.2. The van der Waals surface area contributed by atoms with Gasteiger partial charge in [0.2, 0.25) is 0 Å². The number of pyridine rings is 1. The number of ether oxygens (including phenoxy) is 2. The van der Waals surface area contributed by atoms with Crippen LogP contribution in [0.5, 0.6) is 0 Å². The highest BCUT2D eigenvalue weighted by molar-refractivity contribution is 14.0. The number of guanidine groups is 1. The zero-order chi connectivity index (χ0) is 20.3. The molecule has 2 fully saturated rings. The zero-order valence-electron chi connectivity index (χ0n) is 18.4. The minimum Gasteiger partial charge on any atom is -0.381 e. The second-order valence-corrected chi connectivity index (χ2v) is 7.84. The molecule has 0 bridgehead atoms. The van der Waals surface area contributed by atoms with Gasteiger partial charge in [-0.2, -0.15) is 0 Å². The van der Waals surface area contributed by atoms with Crippen molar-refractivity contribution in [3.63, 3.8) is 0 Å². The van der Waals surface area contributed by atoms with E-state index in [4.69, 9.17) is 14.5 Å². The Kier molecular flexibility index (Phi) is 11.8. The first-order valence-corrected chi connectivity index (χ1v) is 11.2. The molecule has 8 heteroatoms. The van der Waals surface area contributed by atoms with Gasteiger partial charge in [0.05, 0.1) is 6.10 Å². The van der Waals surface area contributed by atoms with Gasteiger partial charge in [0.25, 0.3) is 0 Å². The summed E-state index contributed by atoms with van der Waals surface area (Å²) in [5.41, 5.74) is 1.07. The van der Waals surface area contributed by atoms with Crippen molar-refractivity contribution in [1.82, 2.24) is 15.6 Å². The number of hydrogen-bond acceptors (Lipinski definition) is 5. The molecule has 170 valence electrons. The molecule has 3 rings (SSSR count). The molecule has 30 heavy (non-hydrogen) atoms. The number of hydrogen-bond donors (Lipinski definition) is 2. The second kappa shape index (κ2) is 14.0. The van der Waals surface area contributed by atoms with E-state index < -0.39 is 0 Å². The molecule has 2 aliphatic heterocycles. The quantitative estimate of drug-likeness (QED) is 0.233. The molecule has 1 aromatic heterocycles. The van der Waals surface area contributed by atoms with E-state index in [-0.39, 0.29) is 24.0 Å². The van der Waals surface area contributed by atoms with Crippen molar-refractivity contribution in [3.8, 4) is 0 Å². The minimum atomic E-state index is 0. The number of anilines is 1. The van der Waals surface area contributed by atoms with E-state index in [0.29, 0.717) is 12.1 Å². The Morgan fingerprint density at radius 3 is 2.70 bits per heavy atom. The molecule has 2 aliphatic rings. The first kappa shape index (κ1) is 25.1. The Balaban J connectivity index is 0.00000320. The number of piperidine rings is 1. The molecule has 0 unspecified atom stereocenters. The summed E-state index contributed by atoms with van der Waals surface area (Å²) in [6.45, 7) is 10.3. The lowest BCUT2D eigenvalue weighted by molar-refractivity contribution is -0.0318. The SMILES string of the molecule is CCNC(=NCCCOC1CCOCC1)NC1CCN(c2cccc(C)n2)CC1.I. The summed E-state index contributed by atoms with van der Waals surface area (Å²) >= 11 is 0. The van der Waals surface area contributed by atoms with Crippen molar-refractivity contribution >= 4 is 35.8 Å². The number of aryl methyl sites for hydroxylation is 1. The number of aromatic nitrogens is 1. The maximum Gasteiger partial charge on any atom is 0.191 e. The number of nitrogens with one attached hydrogen (secondary N) is 2. The molecule has 0 radical (unpaired) electrons. The molecule has 0 aromatic carbocycles. The fraction of sp³-hybridized carbons (Fsp3) is 0.727. The van der Waals surface area contributed by atoms with Crippen LogP contribution in [0.2, 0.25) is 0 Å². The fourth-order valence-electron chi connectivity index (χ4n) is 3.82. The number of nitrogens with zero attached hydrogens (tertiary/aromatic N) is 3. The Morgan fingerprint density at radius 2 is 2.00 bits per heavy atom. The topological polar surface area (TPSA) is 71.0 Å². The number of halogens is 1. The van der Waals surface area contributed by atoms with Gasteiger partial charge < -0.3 is 25.0 Å². The second-order valence-electron chi connectivity index (χ2n) is 7.84. The average molecular weight is 531 g/mol. The van der Waals surface area contributed by atoms with E-state index >= 15 is 0 Å². The van der Waals surface area contributed by atoms with Crippen LogP contribution in [0.1, 0.15) is 44.7 Å². The molecule has 0 atom stereocenters. The number of rotatable bonds is 8. The predicted octanol–water partition coefficient (Wildman–Crippen LogP) is 3.12. The smallest absolute Gasteiger partial charge is 0.191 e. The van der Waals surface area contributed by atoms with Gasteiger partial charge in [-0.1, -0.05) is 6.07 Å². The lowest BCUT2D eigenvalue weighted by Gasteiger charge is -2.34. The highest BCUT2D eigenvalue weighted by Crippen LogP contribution is 2.18. The lowest BCUT2D eigenvalue weighted by atomic mass is 10.1. The maximum absolute atomic E-state index is 5.94. The minimum absolute atomic E-state index is 0. The van der Waals surface area contributed by atoms with Gasteiger partial charge >= 0.3 is 0 Å². The van der Waals surface area contributed by atoms with E-state index in [1.165, 1.54) is 0 Å². The van der Waals surface area contributed by atoms with Gasteiger partial charge in [-0.05, 0) is 58.1 Å². The molecule has 0 amide bonds. The molecule has 0 spiro atoms. The summed E-state index contributed by atoms with van der Waals surface area (Å²) in [6, 6.07) is 6.69. The molecule has 0 saturated carbocycles. The zero-order valence-corrected chi connectivity index (χ0v) is 20.8. The van der Waals surface area contributed by atoms with Crippen LogP contribution in [0, 0.1) is 6.92 Å². The molecule has 2 N–H and O–H groups in total. The van der Waals surface area contributed by atoms with Crippen molar-refractivity contribution in [3.05, 3.63) is 23.9 Å². The van der Waals surface area contributed by atoms with E-state index in [2.05, 4.69) is 39.6 Å². The van der Waals surface area contributed by atoms with Crippen molar-refractivity contribution < 1.29 is 9.47 Å². The van der Waals surface area contributed by atoms with Crippen molar-refractivity contribution in [1.29, 1.82) is 0 Å². The van der Waals surface area contributed by atoms with Crippen LogP contribution in [0.3, 0.4) is 0 Å². The van der Waals surface area contributed by atoms with Gasteiger partial charge in [-0.15, -0.1) is 24.0 Å². The monoisotopic (exact) mass is 531 g/mol. The van der Waals surface area contributed by atoms with Gasteiger partial charge in [0.15, 0.2) is 5.96 Å². The van der Waals surface area contributed by atoms with Crippen LogP contribution in [0.4, 0.5) is 5.82 Å². The Labute approximate surface area is 198 Å². The molecule has 1 aromatic rings. The summed E-state index contributed by atoms with van der Waals surface area (Å²) in [5.74, 6) is 2.01. The van der Waals surface area contributed by atoms with Gasteiger partial charge in [0, 0.05) is 57.7 Å². The standard InChI is InChI=1S/C22H37N5O2.HI/c1-3-23-22(24-12-5-15-29-20-10-16-28-17-11-20)26-19-8-13-27(14-9-19)21-7-4-6-18(2)25-21;/h4,6-7,19-20H,3,5,8-17H2,1-2H3,(H2,23,24,26);1H. The summed E-state index contributed by atoms with van der Waals surface area (Å²) in [7, 11) is 0. The summed E-state index contributed by atoms with van der Waals surface area (Å²) < 4.78 is 11.3. The van der Waals surface area contributed by atoms with Crippen molar-refractivity contribution in [2.45, 2.75) is 58.1 Å². The van der Waals surface area contributed by atoms with E-state index in [1.54, 1.807) is 0 Å². The van der Waals surface area contributed by atoms with Crippen LogP contribution < -0.4 is 15.5 Å². The van der Waals surface area contributed by atoms with E-state index in [9.17, 15) is 0 Å². The van der Waals surface area contributed by atoms with Gasteiger partial charge in [-0.25, -0.2) is 4.98 Å². The van der Waals surface area contributed by atoms with E-state index in [0.717, 1.165) is 95.6 Å². The van der Waals surface area contributed by atoms with Crippen LogP contribution in [0.25, 0.3) is 0 Å². The third kappa shape index (κ3) is 8.55. The van der Waals surface area contributed by atoms with Crippen LogP contribution in [-0.4, -0.2) is 69.1 Å². The molecule has 2 saturated heterocycles. The third-order valence-electron chi connectivity index (χ3n) is 5.47. The van der Waals surface area contributed by atoms with Crippen LogP contribution in [-0.2, 0) is 9.47 Å². The predicted molar refractivity (Wildman–Crippen MR) is 133 cm³/mol. The third-order valence-corrected chi connectivity index (χ3v) is 5.47. The Morgan fingerprint density at radius 1 is 1.23 bits per heavy atom. The maximum atomic E-state index is 5.94. The largest absolute Gasteiger partial charge is 0.381 e. The van der Waals surface area contributed by atoms with Crippen LogP contribution in [0.15, 0.2) is 23.2 Å². The van der Waals surface area contributed by atoms with Crippen LogP contribution >= 0.6 is 24.0 Å². The highest BCUT2D eigenvalue weighted by atomic mass is 127. The highest BCUT2D eigenvalue weighted by Gasteiger charge is 2.21. The Bertz CT molecular complexity index is 632. The van der Waals surface area contributed by atoms with Gasteiger partial charge in [0.1, 0.15) is 5.82 Å². The average Bonchev–Trinajstić information content (AvgIpc) is 2.75. The van der Waals surface area contributed by atoms with Gasteiger partial charge in [-0.3, -0.25) is 4.99 Å². The molecule has 3 heterocycles. The number of aliphatic imine (C=N–C) groups is 1. The summed E-state index contributed by atoms with van der Waals surface area (Å²) in [4.78, 5) is 11.8. The van der Waals surface area contributed by atoms with Crippen molar-refractivity contribution in [2.24, 2.45) is 4.99 Å². The van der Waals surface area contributed by atoms with Crippen molar-refractivity contribution in [2.75, 3.05) is 50.9 Å². The molecule has 7 nitrogen and oxygen atoms in total. The normalized spacial score (nSPS) is 18.7. The Hall–Kier alpha value is -1.13. The van der Waals surface area contributed by atoms with E-state index in [1.807, 2.05) is 13.0 Å². The molecular weight excluding hydrogens is 493 g/mol. The summed E-state index contributed by atoms with van der Waals surface area (Å²) in [6.07, 6.45) is 5.53. The summed E-state index contributed by atoms with van der Waals surface area (Å²) in [5, 5.41) is 6.99. The fourth-order valence-corrected chi connectivity index (χ4v) is 3.82.